The first-order valence-corrected chi connectivity index (χ1v) is 7.18. The lowest BCUT2D eigenvalue weighted by Crippen LogP contribution is -2.31. The summed E-state index contributed by atoms with van der Waals surface area (Å²) in [6.07, 6.45) is 1.98. The average molecular weight is 279 g/mol. The number of nitrogens with one attached hydrogen (secondary N) is 1. The van der Waals surface area contributed by atoms with Crippen LogP contribution in [0.3, 0.4) is 0 Å². The Kier molecular flexibility index (Phi) is 5.15. The summed E-state index contributed by atoms with van der Waals surface area (Å²) in [4.78, 5) is 0. The van der Waals surface area contributed by atoms with Crippen molar-refractivity contribution in [2.45, 2.75) is 38.8 Å². The topological polar surface area (TPSA) is 34.4 Å². The summed E-state index contributed by atoms with van der Waals surface area (Å²) < 4.78 is 25.2. The van der Waals surface area contributed by atoms with Crippen LogP contribution in [0.1, 0.15) is 38.5 Å². The second kappa shape index (κ2) is 6.86. The van der Waals surface area contributed by atoms with Crippen molar-refractivity contribution in [3.05, 3.63) is 35.8 Å². The van der Waals surface area contributed by atoms with Crippen LogP contribution in [0.5, 0.6) is 0 Å². The zero-order valence-corrected chi connectivity index (χ0v) is 12.3. The Morgan fingerprint density at radius 1 is 1.35 bits per heavy atom. The summed E-state index contributed by atoms with van der Waals surface area (Å²) >= 11 is 0. The molecule has 0 amide bonds. The van der Waals surface area contributed by atoms with Crippen LogP contribution in [0.2, 0.25) is 0 Å². The Labute approximate surface area is 119 Å². The highest BCUT2D eigenvalue weighted by molar-refractivity contribution is 5.78. The van der Waals surface area contributed by atoms with Crippen LogP contribution in [0.25, 0.3) is 11.0 Å². The Morgan fingerprint density at radius 3 is 2.75 bits per heavy atom. The number of furan rings is 1. The smallest absolute Gasteiger partial charge is 0.169 e. The monoisotopic (exact) mass is 279 g/mol. The van der Waals surface area contributed by atoms with E-state index in [0.717, 1.165) is 24.0 Å². The van der Waals surface area contributed by atoms with E-state index in [2.05, 4.69) is 12.2 Å². The molecular formula is C16H22FNO2. The first-order valence-electron chi connectivity index (χ1n) is 7.18. The molecule has 2 atom stereocenters. The molecule has 0 aliphatic heterocycles. The summed E-state index contributed by atoms with van der Waals surface area (Å²) in [5.41, 5.74) is 0.314. The molecule has 20 heavy (non-hydrogen) atoms. The van der Waals surface area contributed by atoms with E-state index >= 15 is 0 Å². The number of hydrogen-bond donors (Lipinski definition) is 1. The minimum Gasteiger partial charge on any atom is -0.456 e. The van der Waals surface area contributed by atoms with Crippen molar-refractivity contribution >= 4 is 11.0 Å². The molecule has 1 aromatic carbocycles. The molecule has 0 saturated heterocycles. The van der Waals surface area contributed by atoms with Crippen LogP contribution in [0, 0.1) is 5.82 Å². The maximum Gasteiger partial charge on any atom is 0.169 e. The number of hydrogen-bond acceptors (Lipinski definition) is 3. The number of likely N-dealkylation sites (N-methyl/N-ethyl adjacent to an activating group) is 1. The Morgan fingerprint density at radius 2 is 2.15 bits per heavy atom. The van der Waals surface area contributed by atoms with E-state index in [4.69, 9.17) is 9.15 Å². The molecule has 0 radical (unpaired) electrons. The van der Waals surface area contributed by atoms with Gasteiger partial charge in [-0.1, -0.05) is 25.5 Å². The fraction of sp³-hybridized carbons (Fsp3) is 0.500. The zero-order chi connectivity index (χ0) is 14.5. The second-order valence-corrected chi connectivity index (χ2v) is 4.86. The molecule has 2 rings (SSSR count). The molecule has 2 unspecified atom stereocenters. The third-order valence-electron chi connectivity index (χ3n) is 3.46. The van der Waals surface area contributed by atoms with Gasteiger partial charge in [-0.15, -0.1) is 0 Å². The third kappa shape index (κ3) is 3.02. The van der Waals surface area contributed by atoms with Crippen molar-refractivity contribution < 1.29 is 13.5 Å². The van der Waals surface area contributed by atoms with Crippen molar-refractivity contribution in [1.82, 2.24) is 5.32 Å². The van der Waals surface area contributed by atoms with E-state index < -0.39 is 0 Å². The van der Waals surface area contributed by atoms with Gasteiger partial charge >= 0.3 is 0 Å². The Hall–Kier alpha value is -1.39. The van der Waals surface area contributed by atoms with Gasteiger partial charge in [0.2, 0.25) is 0 Å². The lowest BCUT2D eigenvalue weighted by atomic mass is 10.0. The van der Waals surface area contributed by atoms with Gasteiger partial charge in [-0.2, -0.15) is 0 Å². The van der Waals surface area contributed by atoms with Crippen LogP contribution in [0.4, 0.5) is 4.39 Å². The van der Waals surface area contributed by atoms with Crippen molar-refractivity contribution in [3.63, 3.8) is 0 Å². The predicted octanol–water partition coefficient (Wildman–Crippen LogP) is 4.04. The lowest BCUT2D eigenvalue weighted by molar-refractivity contribution is 0.0245. The molecule has 4 heteroatoms. The van der Waals surface area contributed by atoms with Gasteiger partial charge in [0.15, 0.2) is 11.4 Å². The van der Waals surface area contributed by atoms with Crippen LogP contribution in [-0.2, 0) is 4.74 Å². The van der Waals surface area contributed by atoms with Crippen LogP contribution in [0.15, 0.2) is 28.7 Å². The van der Waals surface area contributed by atoms with Crippen molar-refractivity contribution in [2.24, 2.45) is 0 Å². The lowest BCUT2D eigenvalue weighted by Gasteiger charge is -2.24. The van der Waals surface area contributed by atoms with Gasteiger partial charge < -0.3 is 14.5 Å². The number of fused-ring (bicyclic) bond motifs is 1. The molecule has 0 aliphatic carbocycles. The van der Waals surface area contributed by atoms with Gasteiger partial charge in [-0.3, -0.25) is 0 Å². The van der Waals surface area contributed by atoms with E-state index in [0.29, 0.717) is 12.2 Å². The first kappa shape index (κ1) is 15.0. The highest BCUT2D eigenvalue weighted by Crippen LogP contribution is 2.29. The normalized spacial score (nSPS) is 14.6. The van der Waals surface area contributed by atoms with Gasteiger partial charge in [-0.25, -0.2) is 4.39 Å². The molecular weight excluding hydrogens is 257 g/mol. The van der Waals surface area contributed by atoms with Gasteiger partial charge in [0.25, 0.3) is 0 Å². The van der Waals surface area contributed by atoms with Crippen molar-refractivity contribution in [2.75, 3.05) is 13.7 Å². The molecule has 0 fully saturated rings. The number of halogens is 1. The second-order valence-electron chi connectivity index (χ2n) is 4.86. The summed E-state index contributed by atoms with van der Waals surface area (Å²) in [6, 6.07) is 6.78. The largest absolute Gasteiger partial charge is 0.456 e. The molecule has 1 aromatic heterocycles. The summed E-state index contributed by atoms with van der Waals surface area (Å²) in [5, 5.41) is 4.01. The number of ether oxygens (including phenoxy) is 1. The molecule has 2 aromatic rings. The number of benzene rings is 1. The molecule has 0 bridgehead atoms. The molecule has 0 spiro atoms. The van der Waals surface area contributed by atoms with E-state index in [9.17, 15) is 4.39 Å². The molecule has 1 heterocycles. The summed E-state index contributed by atoms with van der Waals surface area (Å²) in [5.74, 6) is 0.395. The van der Waals surface area contributed by atoms with E-state index in [-0.39, 0.29) is 18.0 Å². The molecule has 3 nitrogen and oxygen atoms in total. The van der Waals surface area contributed by atoms with Crippen molar-refractivity contribution in [3.8, 4) is 0 Å². The van der Waals surface area contributed by atoms with Gasteiger partial charge in [-0.05, 0) is 32.5 Å². The fourth-order valence-corrected chi connectivity index (χ4v) is 2.56. The highest BCUT2D eigenvalue weighted by atomic mass is 19.1. The third-order valence-corrected chi connectivity index (χ3v) is 3.46. The Balaban J connectivity index is 2.34. The summed E-state index contributed by atoms with van der Waals surface area (Å²) in [7, 11) is 1.87. The van der Waals surface area contributed by atoms with E-state index in [1.807, 2.05) is 26.1 Å². The van der Waals surface area contributed by atoms with E-state index in [1.165, 1.54) is 6.07 Å². The van der Waals surface area contributed by atoms with Gasteiger partial charge in [0.05, 0.1) is 12.1 Å². The number of para-hydroxylation sites is 1. The van der Waals surface area contributed by atoms with Crippen molar-refractivity contribution in [1.29, 1.82) is 0 Å². The molecule has 0 saturated carbocycles. The maximum atomic E-state index is 13.7. The standard InChI is InChI=1S/C16H22FNO2/c1-4-7-13(19-5-2)15(18-3)14-10-11-8-6-9-12(17)16(11)20-14/h6,8-10,13,15,18H,4-5,7H2,1-3H3. The quantitative estimate of drug-likeness (QED) is 0.830. The summed E-state index contributed by atoms with van der Waals surface area (Å²) in [6.45, 7) is 4.75. The SMILES string of the molecule is CCCC(OCC)C(NC)c1cc2cccc(F)c2o1. The minimum atomic E-state index is -0.327. The van der Waals surface area contributed by atoms with Gasteiger partial charge in [0.1, 0.15) is 5.76 Å². The Bertz CT molecular complexity index is 546. The van der Waals surface area contributed by atoms with Crippen LogP contribution < -0.4 is 5.32 Å². The maximum absolute atomic E-state index is 13.7. The molecule has 0 aliphatic rings. The molecule has 110 valence electrons. The predicted molar refractivity (Wildman–Crippen MR) is 78.3 cm³/mol. The number of rotatable bonds is 7. The first-order chi connectivity index (χ1) is 9.71. The van der Waals surface area contributed by atoms with Crippen LogP contribution >= 0.6 is 0 Å². The fourth-order valence-electron chi connectivity index (χ4n) is 2.56. The highest BCUT2D eigenvalue weighted by Gasteiger charge is 2.25. The average Bonchev–Trinajstić information content (AvgIpc) is 2.85. The van der Waals surface area contributed by atoms with E-state index in [1.54, 1.807) is 6.07 Å². The molecule has 1 N–H and O–H groups in total. The minimum absolute atomic E-state index is 0.0265. The van der Waals surface area contributed by atoms with Gasteiger partial charge in [0, 0.05) is 12.0 Å². The van der Waals surface area contributed by atoms with Crippen LogP contribution in [-0.4, -0.2) is 19.8 Å². The zero-order valence-electron chi connectivity index (χ0n) is 12.3.